The standard InChI is InChI=1S/C23H28N2O4/c1-23(12-5-13-25(16-23)21(28)18-6-3-2-4-7-18)22(29)24-19(15-26)14-17-8-10-20(27)11-9-17/h2-4,6-11,19,26-27H,5,12-16H2,1H3,(H,24,29)/t19-,23-/m0/s1. The first kappa shape index (κ1) is 20.9. The molecule has 2 aromatic carbocycles. The summed E-state index contributed by atoms with van der Waals surface area (Å²) in [6, 6.07) is 15.4. The Morgan fingerprint density at radius 3 is 2.48 bits per heavy atom. The summed E-state index contributed by atoms with van der Waals surface area (Å²) in [7, 11) is 0. The first-order valence-corrected chi connectivity index (χ1v) is 9.95. The van der Waals surface area contributed by atoms with E-state index in [-0.39, 0.29) is 24.2 Å². The second kappa shape index (κ2) is 9.09. The van der Waals surface area contributed by atoms with E-state index in [1.165, 1.54) is 0 Å². The van der Waals surface area contributed by atoms with Crippen LogP contribution in [-0.4, -0.2) is 52.7 Å². The minimum atomic E-state index is -0.703. The van der Waals surface area contributed by atoms with E-state index in [0.29, 0.717) is 31.5 Å². The number of amides is 2. The first-order chi connectivity index (χ1) is 13.9. The zero-order valence-electron chi connectivity index (χ0n) is 16.7. The maximum atomic E-state index is 13.0. The van der Waals surface area contributed by atoms with Crippen LogP contribution in [0.15, 0.2) is 54.6 Å². The number of likely N-dealkylation sites (tertiary alicyclic amines) is 1. The molecule has 1 aliphatic rings. The first-order valence-electron chi connectivity index (χ1n) is 9.95. The number of phenolic OH excluding ortho intramolecular Hbond substituents is 1. The molecule has 0 saturated carbocycles. The van der Waals surface area contributed by atoms with E-state index in [1.807, 2.05) is 25.1 Å². The number of carbonyl (C=O) groups is 2. The highest BCUT2D eigenvalue weighted by molar-refractivity contribution is 5.95. The Morgan fingerprint density at radius 1 is 1.14 bits per heavy atom. The van der Waals surface area contributed by atoms with E-state index in [0.717, 1.165) is 12.0 Å². The summed E-state index contributed by atoms with van der Waals surface area (Å²) >= 11 is 0. The molecule has 6 heteroatoms. The van der Waals surface area contributed by atoms with Gasteiger partial charge in [-0.2, -0.15) is 0 Å². The maximum absolute atomic E-state index is 13.0. The molecule has 2 atom stereocenters. The van der Waals surface area contributed by atoms with E-state index in [2.05, 4.69) is 5.32 Å². The Labute approximate surface area is 171 Å². The molecular weight excluding hydrogens is 368 g/mol. The van der Waals surface area contributed by atoms with Crippen LogP contribution in [0, 0.1) is 5.41 Å². The van der Waals surface area contributed by atoms with Gasteiger partial charge in [-0.05, 0) is 56.0 Å². The van der Waals surface area contributed by atoms with Gasteiger partial charge in [0.2, 0.25) is 5.91 Å². The summed E-state index contributed by atoms with van der Waals surface area (Å²) in [5.41, 5.74) is 0.833. The molecule has 0 radical (unpaired) electrons. The van der Waals surface area contributed by atoms with Gasteiger partial charge in [0.25, 0.3) is 5.91 Å². The zero-order chi connectivity index (χ0) is 20.9. The lowest BCUT2D eigenvalue weighted by atomic mass is 9.80. The molecule has 2 aromatic rings. The fraction of sp³-hybridized carbons (Fsp3) is 0.391. The van der Waals surface area contributed by atoms with Crippen LogP contribution in [0.25, 0.3) is 0 Å². The van der Waals surface area contributed by atoms with Crippen molar-refractivity contribution in [1.29, 1.82) is 0 Å². The van der Waals surface area contributed by atoms with Gasteiger partial charge in [-0.15, -0.1) is 0 Å². The van der Waals surface area contributed by atoms with Crippen molar-refractivity contribution < 1.29 is 19.8 Å². The van der Waals surface area contributed by atoms with Crippen LogP contribution < -0.4 is 5.32 Å². The number of rotatable bonds is 6. The monoisotopic (exact) mass is 396 g/mol. The number of nitrogens with one attached hydrogen (secondary N) is 1. The zero-order valence-corrected chi connectivity index (χ0v) is 16.7. The Hall–Kier alpha value is -2.86. The van der Waals surface area contributed by atoms with Crippen LogP contribution in [0.1, 0.15) is 35.7 Å². The molecule has 2 amide bonds. The molecule has 1 aliphatic heterocycles. The van der Waals surface area contributed by atoms with Crippen LogP contribution in [0.5, 0.6) is 5.75 Å². The number of hydrogen-bond acceptors (Lipinski definition) is 4. The van der Waals surface area contributed by atoms with Gasteiger partial charge in [0.1, 0.15) is 5.75 Å². The highest BCUT2D eigenvalue weighted by Gasteiger charge is 2.40. The maximum Gasteiger partial charge on any atom is 0.253 e. The fourth-order valence-electron chi connectivity index (χ4n) is 3.80. The van der Waals surface area contributed by atoms with Gasteiger partial charge < -0.3 is 20.4 Å². The summed E-state index contributed by atoms with van der Waals surface area (Å²) in [5, 5.41) is 22.1. The average Bonchev–Trinajstić information content (AvgIpc) is 2.74. The number of hydrogen-bond donors (Lipinski definition) is 3. The molecule has 1 saturated heterocycles. The van der Waals surface area contributed by atoms with Crippen molar-refractivity contribution in [3.8, 4) is 5.75 Å². The van der Waals surface area contributed by atoms with E-state index < -0.39 is 11.5 Å². The number of benzene rings is 2. The highest BCUT2D eigenvalue weighted by atomic mass is 16.3. The summed E-state index contributed by atoms with van der Waals surface area (Å²) in [6.45, 7) is 2.68. The van der Waals surface area contributed by atoms with Crippen LogP contribution in [0.4, 0.5) is 0 Å². The third kappa shape index (κ3) is 5.15. The van der Waals surface area contributed by atoms with Gasteiger partial charge >= 0.3 is 0 Å². The Kier molecular flexibility index (Phi) is 6.54. The number of carbonyl (C=O) groups excluding carboxylic acids is 2. The van der Waals surface area contributed by atoms with Gasteiger partial charge in [-0.1, -0.05) is 30.3 Å². The predicted octanol–water partition coefficient (Wildman–Crippen LogP) is 2.35. The van der Waals surface area contributed by atoms with Crippen molar-refractivity contribution in [2.45, 2.75) is 32.2 Å². The molecule has 1 heterocycles. The van der Waals surface area contributed by atoms with Crippen LogP contribution in [0.2, 0.25) is 0 Å². The third-order valence-electron chi connectivity index (χ3n) is 5.53. The van der Waals surface area contributed by atoms with Crippen molar-refractivity contribution in [3.05, 3.63) is 65.7 Å². The Balaban J connectivity index is 1.65. The summed E-state index contributed by atoms with van der Waals surface area (Å²) < 4.78 is 0. The SMILES string of the molecule is C[C@]1(C(=O)N[C@H](CO)Cc2ccc(O)cc2)CCCN(C(=O)c2ccccc2)C1. The quantitative estimate of drug-likeness (QED) is 0.699. The fourth-order valence-corrected chi connectivity index (χ4v) is 3.80. The molecule has 0 aromatic heterocycles. The Bertz CT molecular complexity index is 838. The van der Waals surface area contributed by atoms with Crippen molar-refractivity contribution in [2.75, 3.05) is 19.7 Å². The number of nitrogens with zero attached hydrogens (tertiary/aromatic N) is 1. The lowest BCUT2D eigenvalue weighted by molar-refractivity contribution is -0.133. The summed E-state index contributed by atoms with van der Waals surface area (Å²) in [6.07, 6.45) is 1.91. The van der Waals surface area contributed by atoms with E-state index in [9.17, 15) is 19.8 Å². The van der Waals surface area contributed by atoms with Gasteiger partial charge in [-0.25, -0.2) is 0 Å². The number of piperidine rings is 1. The molecule has 6 nitrogen and oxygen atoms in total. The van der Waals surface area contributed by atoms with Crippen molar-refractivity contribution >= 4 is 11.8 Å². The van der Waals surface area contributed by atoms with Gasteiger partial charge in [-0.3, -0.25) is 9.59 Å². The van der Waals surface area contributed by atoms with Crippen LogP contribution >= 0.6 is 0 Å². The minimum absolute atomic E-state index is 0.0628. The normalized spacial score (nSPS) is 20.1. The van der Waals surface area contributed by atoms with E-state index >= 15 is 0 Å². The van der Waals surface area contributed by atoms with E-state index in [1.54, 1.807) is 41.3 Å². The minimum Gasteiger partial charge on any atom is -0.508 e. The molecule has 1 fully saturated rings. The molecule has 29 heavy (non-hydrogen) atoms. The van der Waals surface area contributed by atoms with Crippen molar-refractivity contribution in [1.82, 2.24) is 10.2 Å². The third-order valence-corrected chi connectivity index (χ3v) is 5.53. The Morgan fingerprint density at radius 2 is 1.83 bits per heavy atom. The van der Waals surface area contributed by atoms with Gasteiger partial charge in [0.15, 0.2) is 0 Å². The number of phenols is 1. The highest BCUT2D eigenvalue weighted by Crippen LogP contribution is 2.31. The van der Waals surface area contributed by atoms with Crippen LogP contribution in [-0.2, 0) is 11.2 Å². The van der Waals surface area contributed by atoms with Crippen molar-refractivity contribution in [3.63, 3.8) is 0 Å². The van der Waals surface area contributed by atoms with Gasteiger partial charge in [0.05, 0.1) is 18.1 Å². The number of aliphatic hydroxyl groups is 1. The largest absolute Gasteiger partial charge is 0.508 e. The summed E-state index contributed by atoms with van der Waals surface area (Å²) in [5.74, 6) is -0.0377. The molecular formula is C23H28N2O4. The molecule has 3 rings (SSSR count). The number of aliphatic hydroxyl groups excluding tert-OH is 1. The lowest BCUT2D eigenvalue weighted by Crippen LogP contribution is -2.54. The molecule has 0 aliphatic carbocycles. The van der Waals surface area contributed by atoms with Gasteiger partial charge in [0, 0.05) is 18.7 Å². The van der Waals surface area contributed by atoms with E-state index in [4.69, 9.17) is 0 Å². The second-order valence-corrected chi connectivity index (χ2v) is 7.98. The average molecular weight is 396 g/mol. The molecule has 0 bridgehead atoms. The molecule has 0 unspecified atom stereocenters. The second-order valence-electron chi connectivity index (χ2n) is 7.98. The number of aromatic hydroxyl groups is 1. The lowest BCUT2D eigenvalue weighted by Gasteiger charge is -2.40. The molecule has 154 valence electrons. The smallest absolute Gasteiger partial charge is 0.253 e. The topological polar surface area (TPSA) is 89.9 Å². The van der Waals surface area contributed by atoms with Crippen molar-refractivity contribution in [2.24, 2.45) is 5.41 Å². The predicted molar refractivity (Wildman–Crippen MR) is 111 cm³/mol. The van der Waals surface area contributed by atoms with Crippen LogP contribution in [0.3, 0.4) is 0 Å². The molecule has 0 spiro atoms. The summed E-state index contributed by atoms with van der Waals surface area (Å²) in [4.78, 5) is 27.6. The molecule has 3 N–H and O–H groups in total.